The normalized spacial score (nSPS) is 13.0. The van der Waals surface area contributed by atoms with Crippen molar-refractivity contribution in [2.24, 2.45) is 22.1 Å². The maximum atomic E-state index is 14.1. The molecule has 8 aromatic rings. The van der Waals surface area contributed by atoms with Crippen LogP contribution in [-0.2, 0) is 13.1 Å². The van der Waals surface area contributed by atoms with Crippen LogP contribution in [0.1, 0.15) is 164 Å². The fourth-order valence-electron chi connectivity index (χ4n) is 10.6. The highest BCUT2D eigenvalue weighted by molar-refractivity contribution is 6.47. The molecule has 0 fully saturated rings. The summed E-state index contributed by atoms with van der Waals surface area (Å²) in [6, 6.07) is 34.7. The average molecular weight is 1010 g/mol. The lowest BCUT2D eigenvalue weighted by atomic mass is 9.97. The lowest BCUT2D eigenvalue weighted by Gasteiger charge is -2.17. The van der Waals surface area contributed by atoms with Gasteiger partial charge in [0.1, 0.15) is 22.9 Å². The van der Waals surface area contributed by atoms with Crippen molar-refractivity contribution < 1.29 is 39.8 Å². The smallest absolute Gasteiger partial charge is 0.210 e. The van der Waals surface area contributed by atoms with E-state index in [1.54, 1.807) is 36.4 Å². The molecule has 0 saturated heterocycles. The van der Waals surface area contributed by atoms with Crippen LogP contribution in [0.25, 0.3) is 43.6 Å². The SMILES string of the molecule is CCCCC(CC)Cn1c2ccc(C(=O)/C(CCCCC/C(=N\O)C(=O)c3ccc4c(c3)c3cc(C(=O)c5ccc(O)cc5)ccc3n4CC(CC)CCCC)=N/O)cc2c2cc(C(=O)c3ccc(O)cc3)ccc21. The maximum Gasteiger partial charge on any atom is 0.210 e. The number of hydrogen-bond acceptors (Lipinski definition) is 10. The molecular formula is C63H68N4O8. The van der Waals surface area contributed by atoms with Crippen molar-refractivity contribution in [2.45, 2.75) is 124 Å². The van der Waals surface area contributed by atoms with E-state index < -0.39 is 11.6 Å². The minimum Gasteiger partial charge on any atom is -0.508 e. The summed E-state index contributed by atoms with van der Waals surface area (Å²) in [5, 5.41) is 50.2. The molecule has 0 aliphatic heterocycles. The van der Waals surface area contributed by atoms with Crippen LogP contribution in [0.4, 0.5) is 0 Å². The zero-order chi connectivity index (χ0) is 53.2. The zero-order valence-electron chi connectivity index (χ0n) is 43.5. The number of ketones is 4. The molecule has 8 rings (SSSR count). The Hall–Kier alpha value is -7.86. The molecule has 0 saturated carbocycles. The van der Waals surface area contributed by atoms with E-state index in [2.05, 4.69) is 47.1 Å². The molecule has 2 atom stereocenters. The van der Waals surface area contributed by atoms with Gasteiger partial charge in [0, 0.05) is 90.1 Å². The Labute approximate surface area is 438 Å². The van der Waals surface area contributed by atoms with Crippen LogP contribution in [0.15, 0.2) is 132 Å². The minimum absolute atomic E-state index is 0.00460. The molecule has 12 heteroatoms. The Bertz CT molecular complexity index is 3210. The number of carbonyl (C=O) groups is 4. The van der Waals surface area contributed by atoms with Gasteiger partial charge in [0.15, 0.2) is 11.6 Å². The second-order valence-corrected chi connectivity index (χ2v) is 20.0. The summed E-state index contributed by atoms with van der Waals surface area (Å²) in [5.41, 5.74) is 6.33. The van der Waals surface area contributed by atoms with Gasteiger partial charge in [-0.3, -0.25) is 19.2 Å². The first-order valence-corrected chi connectivity index (χ1v) is 26.7. The third kappa shape index (κ3) is 11.8. The number of aromatic nitrogens is 2. The molecule has 0 aliphatic rings. The first-order chi connectivity index (χ1) is 36.4. The summed E-state index contributed by atoms with van der Waals surface area (Å²) in [6.45, 7) is 10.3. The van der Waals surface area contributed by atoms with Gasteiger partial charge in [-0.2, -0.15) is 0 Å². The molecule has 6 aromatic carbocycles. The van der Waals surface area contributed by atoms with Crippen LogP contribution in [0.5, 0.6) is 11.5 Å². The van der Waals surface area contributed by atoms with Gasteiger partial charge in [0.2, 0.25) is 11.6 Å². The van der Waals surface area contributed by atoms with Gasteiger partial charge in [-0.25, -0.2) is 0 Å². The molecule has 2 unspecified atom stereocenters. The molecule has 2 heterocycles. The minimum atomic E-state index is -0.418. The Balaban J connectivity index is 0.977. The second-order valence-electron chi connectivity index (χ2n) is 20.0. The van der Waals surface area contributed by atoms with E-state index in [-0.39, 0.29) is 47.3 Å². The average Bonchev–Trinajstić information content (AvgIpc) is 3.92. The van der Waals surface area contributed by atoms with Crippen LogP contribution in [0.2, 0.25) is 0 Å². The number of aromatic hydroxyl groups is 2. The third-order valence-electron chi connectivity index (χ3n) is 15.1. The van der Waals surface area contributed by atoms with Crippen LogP contribution < -0.4 is 0 Å². The number of phenolic OH excluding ortho intramolecular Hbond substituents is 2. The standard InChI is InChI=1S/C63H68N4O8/c1-5-9-14-40(7-3)38-66-56-30-22-44(60(70)42-18-26-48(68)27-19-42)34-50(56)52-36-46(24-32-58(52)66)62(72)54(64-74)16-12-11-13-17-55(65-75)63(73)47-25-33-59-53(37-47)51-35-45(61(71)43-20-28-49(69)29-21-43)23-31-57(51)67(59)39-41(8-4)15-10-6-2/h18-37,40-41,68-69,74-75H,5-17,38-39H2,1-4H3/b64-54+,65-55+. The van der Waals surface area contributed by atoms with Gasteiger partial charge >= 0.3 is 0 Å². The third-order valence-corrected chi connectivity index (χ3v) is 15.1. The molecule has 0 radical (unpaired) electrons. The number of fused-ring (bicyclic) bond motifs is 6. The zero-order valence-corrected chi connectivity index (χ0v) is 43.5. The van der Waals surface area contributed by atoms with Crippen LogP contribution in [0.3, 0.4) is 0 Å². The van der Waals surface area contributed by atoms with Crippen molar-refractivity contribution in [3.05, 3.63) is 155 Å². The van der Waals surface area contributed by atoms with E-state index in [1.165, 1.54) is 24.3 Å². The number of rotatable bonds is 26. The number of carbonyl (C=O) groups excluding carboxylic acids is 4. The first-order valence-electron chi connectivity index (χ1n) is 26.7. The van der Waals surface area contributed by atoms with Gasteiger partial charge in [0.25, 0.3) is 0 Å². The molecule has 388 valence electrons. The number of hydrogen-bond donors (Lipinski definition) is 4. The Morgan fingerprint density at radius 3 is 1.07 bits per heavy atom. The van der Waals surface area contributed by atoms with Crippen molar-refractivity contribution in [1.82, 2.24) is 9.13 Å². The highest BCUT2D eigenvalue weighted by Crippen LogP contribution is 2.36. The molecule has 75 heavy (non-hydrogen) atoms. The van der Waals surface area contributed by atoms with E-state index in [0.29, 0.717) is 64.5 Å². The van der Waals surface area contributed by atoms with E-state index in [9.17, 15) is 39.8 Å². The van der Waals surface area contributed by atoms with Gasteiger partial charge in [-0.1, -0.05) is 83.0 Å². The Morgan fingerprint density at radius 1 is 0.427 bits per heavy atom. The summed E-state index contributed by atoms with van der Waals surface area (Å²) in [4.78, 5) is 55.5. The van der Waals surface area contributed by atoms with Crippen LogP contribution in [0, 0.1) is 11.8 Å². The molecule has 12 nitrogen and oxygen atoms in total. The highest BCUT2D eigenvalue weighted by Gasteiger charge is 2.24. The molecule has 0 aliphatic carbocycles. The van der Waals surface area contributed by atoms with Gasteiger partial charge in [-0.15, -0.1) is 0 Å². The topological polar surface area (TPSA) is 184 Å². The number of benzene rings is 6. The predicted molar refractivity (Wildman–Crippen MR) is 299 cm³/mol. The van der Waals surface area contributed by atoms with Crippen LogP contribution >= 0.6 is 0 Å². The monoisotopic (exact) mass is 1010 g/mol. The summed E-state index contributed by atoms with van der Waals surface area (Å²) in [7, 11) is 0. The number of nitrogens with zero attached hydrogens (tertiary/aromatic N) is 4. The van der Waals surface area contributed by atoms with Gasteiger partial charge in [0.05, 0.1) is 0 Å². The van der Waals surface area contributed by atoms with Crippen molar-refractivity contribution in [3.8, 4) is 11.5 Å². The van der Waals surface area contributed by atoms with Crippen molar-refractivity contribution in [3.63, 3.8) is 0 Å². The van der Waals surface area contributed by atoms with E-state index in [4.69, 9.17) is 0 Å². The van der Waals surface area contributed by atoms with Crippen molar-refractivity contribution in [2.75, 3.05) is 0 Å². The van der Waals surface area contributed by atoms with E-state index in [0.717, 1.165) is 108 Å². The van der Waals surface area contributed by atoms with Gasteiger partial charge < -0.3 is 29.8 Å². The van der Waals surface area contributed by atoms with E-state index >= 15 is 0 Å². The van der Waals surface area contributed by atoms with Crippen LogP contribution in [-0.4, -0.2) is 64.3 Å². The molecular weight excluding hydrogens is 941 g/mol. The van der Waals surface area contributed by atoms with Crippen molar-refractivity contribution >= 4 is 78.2 Å². The lowest BCUT2D eigenvalue weighted by molar-refractivity contribution is 0.103. The summed E-state index contributed by atoms with van der Waals surface area (Å²) < 4.78 is 4.56. The molecule has 0 spiro atoms. The number of oxime groups is 2. The number of unbranched alkanes of at least 4 members (excludes halogenated alkanes) is 4. The quantitative estimate of drug-likeness (QED) is 0.0136. The lowest BCUT2D eigenvalue weighted by Crippen LogP contribution is -2.16. The summed E-state index contributed by atoms with van der Waals surface area (Å²) in [6.07, 6.45) is 10.5. The van der Waals surface area contributed by atoms with Gasteiger partial charge in [-0.05, 0) is 172 Å². The first kappa shape index (κ1) is 53.4. The molecule has 0 bridgehead atoms. The summed E-state index contributed by atoms with van der Waals surface area (Å²) >= 11 is 0. The second kappa shape index (κ2) is 24.4. The largest absolute Gasteiger partial charge is 0.508 e. The fourth-order valence-corrected chi connectivity index (χ4v) is 10.6. The molecule has 0 amide bonds. The Kier molecular flexibility index (Phi) is 17.4. The number of phenols is 2. The summed E-state index contributed by atoms with van der Waals surface area (Å²) in [5.74, 6) is -0.196. The Morgan fingerprint density at radius 2 is 0.747 bits per heavy atom. The van der Waals surface area contributed by atoms with Crippen molar-refractivity contribution in [1.29, 1.82) is 0 Å². The predicted octanol–water partition coefficient (Wildman–Crippen LogP) is 14.9. The highest BCUT2D eigenvalue weighted by atomic mass is 16.4. The number of Topliss-reactive ketones (excluding diaryl/α,β-unsaturated/α-hetero) is 2. The fraction of sp³-hybridized carbons (Fsp3) is 0.333. The molecule has 2 aromatic heterocycles. The van der Waals surface area contributed by atoms with E-state index in [1.807, 2.05) is 60.7 Å². The maximum absolute atomic E-state index is 14.1. The molecule has 4 N–H and O–H groups in total.